The average Bonchev–Trinajstić information content (AvgIpc) is 2.96. The molecule has 0 radical (unpaired) electrons. The summed E-state index contributed by atoms with van der Waals surface area (Å²) in [6.45, 7) is 3.42. The highest BCUT2D eigenvalue weighted by Crippen LogP contribution is 2.27. The van der Waals surface area contributed by atoms with Crippen LogP contribution in [0.2, 0.25) is 0 Å². The van der Waals surface area contributed by atoms with E-state index < -0.39 is 12.0 Å². The van der Waals surface area contributed by atoms with Gasteiger partial charge in [0, 0.05) is 13.1 Å². The molecule has 1 saturated heterocycles. The Bertz CT molecular complexity index is 738. The largest absolute Gasteiger partial charge is 0.478 e. The minimum Gasteiger partial charge on any atom is -0.478 e. The molecule has 2 aromatic rings. The molecular weight excluding hydrogens is 296 g/mol. The topological polar surface area (TPSA) is 82.8 Å². The molecule has 120 valence electrons. The van der Waals surface area contributed by atoms with E-state index in [1.807, 2.05) is 36.1 Å². The highest BCUT2D eigenvalue weighted by atomic mass is 16.4. The Morgan fingerprint density at radius 2 is 2.26 bits per heavy atom. The number of nitrogens with zero attached hydrogens (tertiary/aromatic N) is 1. The summed E-state index contributed by atoms with van der Waals surface area (Å²) in [6, 6.07) is 8.77. The highest BCUT2D eigenvalue weighted by Gasteiger charge is 2.32. The number of carbonyl (C=O) groups excluding carboxylic acids is 1. The lowest BCUT2D eigenvalue weighted by atomic mass is 10.00. The summed E-state index contributed by atoms with van der Waals surface area (Å²) in [5.41, 5.74) is 2.11. The van der Waals surface area contributed by atoms with Gasteiger partial charge >= 0.3 is 5.97 Å². The molecule has 1 aliphatic rings. The Hall–Kier alpha value is -2.60. The van der Waals surface area contributed by atoms with E-state index >= 15 is 0 Å². The number of nitrogens with one attached hydrogen (secondary N) is 1. The van der Waals surface area contributed by atoms with Crippen LogP contribution in [0.4, 0.5) is 0 Å². The molecule has 0 bridgehead atoms. The first-order chi connectivity index (χ1) is 11.1. The van der Waals surface area contributed by atoms with Crippen molar-refractivity contribution in [2.24, 2.45) is 0 Å². The molecule has 1 aromatic carbocycles. The number of hydrogen-bond acceptors (Lipinski definition) is 4. The molecule has 0 spiro atoms. The molecule has 1 aliphatic heterocycles. The first-order valence-electron chi connectivity index (χ1n) is 7.44. The first kappa shape index (κ1) is 15.3. The lowest BCUT2D eigenvalue weighted by Gasteiger charge is -2.34. The molecular formula is C17H18N2O4. The quantitative estimate of drug-likeness (QED) is 0.901. The normalized spacial score (nSPS) is 18.7. The Morgan fingerprint density at radius 3 is 3.00 bits per heavy atom. The zero-order valence-electron chi connectivity index (χ0n) is 12.8. The second-order valence-electron chi connectivity index (χ2n) is 5.64. The van der Waals surface area contributed by atoms with E-state index in [2.05, 4.69) is 5.32 Å². The van der Waals surface area contributed by atoms with E-state index in [-0.39, 0.29) is 18.0 Å². The van der Waals surface area contributed by atoms with Crippen LogP contribution in [-0.4, -0.2) is 35.0 Å². The van der Waals surface area contributed by atoms with Gasteiger partial charge in [-0.2, -0.15) is 0 Å². The smallest absolute Gasteiger partial charge is 0.339 e. The molecule has 1 amide bonds. The van der Waals surface area contributed by atoms with Gasteiger partial charge in [0.15, 0.2) is 0 Å². The maximum absolute atomic E-state index is 12.4. The molecule has 1 atom stereocenters. The van der Waals surface area contributed by atoms with Gasteiger partial charge in [0.25, 0.3) is 0 Å². The van der Waals surface area contributed by atoms with Gasteiger partial charge < -0.3 is 14.8 Å². The van der Waals surface area contributed by atoms with Crippen molar-refractivity contribution in [3.8, 4) is 0 Å². The predicted octanol–water partition coefficient (Wildman–Crippen LogP) is 1.96. The fraction of sp³-hybridized carbons (Fsp3) is 0.294. The monoisotopic (exact) mass is 314 g/mol. The number of furan rings is 1. The van der Waals surface area contributed by atoms with E-state index in [9.17, 15) is 14.7 Å². The van der Waals surface area contributed by atoms with E-state index in [1.54, 1.807) is 0 Å². The molecule has 1 unspecified atom stereocenters. The van der Waals surface area contributed by atoms with Crippen LogP contribution < -0.4 is 5.32 Å². The fourth-order valence-electron chi connectivity index (χ4n) is 2.93. The van der Waals surface area contributed by atoms with Gasteiger partial charge in [0.1, 0.15) is 17.4 Å². The summed E-state index contributed by atoms with van der Waals surface area (Å²) >= 11 is 0. The lowest BCUT2D eigenvalue weighted by Crippen LogP contribution is -2.49. The van der Waals surface area contributed by atoms with Gasteiger partial charge in [-0.1, -0.05) is 29.8 Å². The van der Waals surface area contributed by atoms with Crippen LogP contribution in [0.1, 0.15) is 33.3 Å². The minimum atomic E-state index is -1.03. The zero-order valence-corrected chi connectivity index (χ0v) is 12.8. The van der Waals surface area contributed by atoms with Gasteiger partial charge in [0.05, 0.1) is 12.8 Å². The van der Waals surface area contributed by atoms with Crippen molar-refractivity contribution in [1.82, 2.24) is 10.2 Å². The maximum Gasteiger partial charge on any atom is 0.339 e. The molecule has 2 heterocycles. The molecule has 23 heavy (non-hydrogen) atoms. The summed E-state index contributed by atoms with van der Waals surface area (Å²) in [7, 11) is 0. The zero-order chi connectivity index (χ0) is 16.4. The molecule has 0 saturated carbocycles. The van der Waals surface area contributed by atoms with Crippen molar-refractivity contribution < 1.29 is 19.1 Å². The van der Waals surface area contributed by atoms with Crippen molar-refractivity contribution >= 4 is 11.9 Å². The molecule has 0 aliphatic carbocycles. The molecule has 1 aromatic heterocycles. The summed E-state index contributed by atoms with van der Waals surface area (Å²) in [4.78, 5) is 25.5. The second kappa shape index (κ2) is 6.26. The van der Waals surface area contributed by atoms with Gasteiger partial charge in [0.2, 0.25) is 5.91 Å². The van der Waals surface area contributed by atoms with Crippen LogP contribution >= 0.6 is 0 Å². The van der Waals surface area contributed by atoms with Gasteiger partial charge in [-0.25, -0.2) is 4.79 Å². The molecule has 1 fully saturated rings. The SMILES string of the molecule is Cc1cccc(C2C(=O)NCCN2Cc2occc2C(=O)O)c1. The van der Waals surface area contributed by atoms with Crippen molar-refractivity contribution in [3.63, 3.8) is 0 Å². The summed E-state index contributed by atoms with van der Waals surface area (Å²) in [5, 5.41) is 12.1. The van der Waals surface area contributed by atoms with Crippen LogP contribution in [0, 0.1) is 6.92 Å². The number of hydrogen-bond donors (Lipinski definition) is 2. The molecule has 6 heteroatoms. The number of rotatable bonds is 4. The van der Waals surface area contributed by atoms with Gasteiger partial charge in [-0.05, 0) is 18.6 Å². The number of aromatic carboxylic acids is 1. The summed E-state index contributed by atoms with van der Waals surface area (Å²) < 4.78 is 5.32. The fourth-order valence-corrected chi connectivity index (χ4v) is 2.93. The number of carboxylic acids is 1. The van der Waals surface area contributed by atoms with E-state index in [1.165, 1.54) is 12.3 Å². The number of carboxylic acid groups (broad SMARTS) is 1. The second-order valence-corrected chi connectivity index (χ2v) is 5.64. The Labute approximate surface area is 133 Å². The van der Waals surface area contributed by atoms with Gasteiger partial charge in [-0.15, -0.1) is 0 Å². The van der Waals surface area contributed by atoms with Crippen molar-refractivity contribution in [2.75, 3.05) is 13.1 Å². The highest BCUT2D eigenvalue weighted by molar-refractivity contribution is 5.88. The van der Waals surface area contributed by atoms with Crippen LogP contribution in [0.3, 0.4) is 0 Å². The van der Waals surface area contributed by atoms with Gasteiger partial charge in [-0.3, -0.25) is 9.69 Å². The van der Waals surface area contributed by atoms with Crippen LogP contribution in [0.25, 0.3) is 0 Å². The molecule has 2 N–H and O–H groups in total. The maximum atomic E-state index is 12.4. The Balaban J connectivity index is 1.90. The number of piperazine rings is 1. The standard InChI is InChI=1S/C17H18N2O4/c1-11-3-2-4-12(9-11)15-16(20)18-6-7-19(15)10-14-13(17(21)22)5-8-23-14/h2-5,8-9,15H,6-7,10H2,1H3,(H,18,20)(H,21,22). The van der Waals surface area contributed by atoms with E-state index in [0.717, 1.165) is 11.1 Å². The molecule has 6 nitrogen and oxygen atoms in total. The average molecular weight is 314 g/mol. The Kier molecular flexibility index (Phi) is 4.16. The van der Waals surface area contributed by atoms with Crippen LogP contribution in [0.5, 0.6) is 0 Å². The number of aryl methyl sites for hydroxylation is 1. The lowest BCUT2D eigenvalue weighted by molar-refractivity contribution is -0.129. The van der Waals surface area contributed by atoms with Crippen molar-refractivity contribution in [1.29, 1.82) is 0 Å². The van der Waals surface area contributed by atoms with Crippen molar-refractivity contribution in [3.05, 3.63) is 59.0 Å². The van der Waals surface area contributed by atoms with Crippen LogP contribution in [-0.2, 0) is 11.3 Å². The third-order valence-electron chi connectivity index (χ3n) is 3.99. The number of amides is 1. The Morgan fingerprint density at radius 1 is 1.43 bits per heavy atom. The minimum absolute atomic E-state index is 0.0784. The summed E-state index contributed by atoms with van der Waals surface area (Å²) in [5.74, 6) is -0.738. The number of benzene rings is 1. The number of carbonyl (C=O) groups is 2. The van der Waals surface area contributed by atoms with Crippen LogP contribution in [0.15, 0.2) is 41.0 Å². The first-order valence-corrected chi connectivity index (χ1v) is 7.44. The van der Waals surface area contributed by atoms with Crippen molar-refractivity contribution in [2.45, 2.75) is 19.5 Å². The third-order valence-corrected chi connectivity index (χ3v) is 3.99. The van der Waals surface area contributed by atoms with E-state index in [4.69, 9.17) is 4.42 Å². The van der Waals surface area contributed by atoms with E-state index in [0.29, 0.717) is 18.8 Å². The third kappa shape index (κ3) is 3.12. The molecule has 3 rings (SSSR count). The predicted molar refractivity (Wildman–Crippen MR) is 83.0 cm³/mol. The summed E-state index contributed by atoms with van der Waals surface area (Å²) in [6.07, 6.45) is 1.37.